The van der Waals surface area contributed by atoms with Crippen LogP contribution in [-0.2, 0) is 0 Å². The molecule has 0 spiro atoms. The van der Waals surface area contributed by atoms with Crippen LogP contribution in [0.3, 0.4) is 0 Å². The lowest BCUT2D eigenvalue weighted by Gasteiger charge is -2.26. The molecule has 4 nitrogen and oxygen atoms in total. The van der Waals surface area contributed by atoms with Crippen molar-refractivity contribution in [3.05, 3.63) is 87.0 Å². The molecular formula is C19H12Cl3N3O. The van der Waals surface area contributed by atoms with E-state index in [0.717, 1.165) is 5.56 Å². The molecule has 130 valence electrons. The molecule has 1 atom stereocenters. The first-order valence-corrected chi connectivity index (χ1v) is 8.93. The van der Waals surface area contributed by atoms with Gasteiger partial charge in [0.05, 0.1) is 15.7 Å². The van der Waals surface area contributed by atoms with Crippen LogP contribution in [0.1, 0.15) is 22.1 Å². The maximum atomic E-state index is 13.0. The van der Waals surface area contributed by atoms with Crippen LogP contribution >= 0.6 is 34.8 Å². The van der Waals surface area contributed by atoms with Crippen molar-refractivity contribution in [2.24, 2.45) is 0 Å². The molecule has 1 aliphatic heterocycles. The summed E-state index contributed by atoms with van der Waals surface area (Å²) in [6, 6.07) is 16.0. The van der Waals surface area contributed by atoms with Gasteiger partial charge in [0, 0.05) is 22.3 Å². The van der Waals surface area contributed by atoms with E-state index < -0.39 is 6.17 Å². The van der Waals surface area contributed by atoms with Crippen molar-refractivity contribution in [2.75, 3.05) is 10.2 Å². The van der Waals surface area contributed by atoms with Gasteiger partial charge in [0.2, 0.25) is 0 Å². The Bertz CT molecular complexity index is 992. The van der Waals surface area contributed by atoms with E-state index >= 15 is 0 Å². The summed E-state index contributed by atoms with van der Waals surface area (Å²) in [6.45, 7) is 0. The highest BCUT2D eigenvalue weighted by Crippen LogP contribution is 2.39. The highest BCUT2D eigenvalue weighted by Gasteiger charge is 2.38. The molecule has 1 aromatic heterocycles. The minimum atomic E-state index is -0.469. The molecule has 1 N–H and O–H groups in total. The number of amides is 1. The normalized spacial score (nSPS) is 15.9. The monoisotopic (exact) mass is 403 g/mol. The number of rotatable bonds is 3. The predicted molar refractivity (Wildman–Crippen MR) is 105 cm³/mol. The molecule has 0 saturated carbocycles. The van der Waals surface area contributed by atoms with Crippen LogP contribution in [0, 0.1) is 0 Å². The zero-order chi connectivity index (χ0) is 18.3. The summed E-state index contributed by atoms with van der Waals surface area (Å²) in [5.74, 6) is 0.345. The molecule has 3 aromatic rings. The number of pyridine rings is 1. The molecule has 0 unspecified atom stereocenters. The predicted octanol–water partition coefficient (Wildman–Crippen LogP) is 5.81. The van der Waals surface area contributed by atoms with Crippen molar-refractivity contribution in [3.63, 3.8) is 0 Å². The highest BCUT2D eigenvalue weighted by atomic mass is 35.5. The topological polar surface area (TPSA) is 45.2 Å². The van der Waals surface area contributed by atoms with E-state index in [9.17, 15) is 4.79 Å². The third-order valence-electron chi connectivity index (χ3n) is 4.14. The number of hydrogen-bond donors (Lipinski definition) is 1. The molecule has 4 rings (SSSR count). The number of nitrogens with zero attached hydrogens (tertiary/aromatic N) is 2. The second kappa shape index (κ2) is 6.80. The Balaban J connectivity index is 1.80. The van der Waals surface area contributed by atoms with Gasteiger partial charge in [-0.05, 0) is 36.4 Å². The van der Waals surface area contributed by atoms with Crippen LogP contribution in [-0.4, -0.2) is 10.9 Å². The second-order valence-corrected chi connectivity index (χ2v) is 7.05. The Kier molecular flexibility index (Phi) is 4.49. The molecule has 0 aliphatic carbocycles. The number of aromatic nitrogens is 1. The summed E-state index contributed by atoms with van der Waals surface area (Å²) < 4.78 is 0. The number of anilines is 2. The number of benzene rings is 2. The molecule has 1 aliphatic rings. The molecule has 0 saturated heterocycles. The van der Waals surface area contributed by atoms with Gasteiger partial charge in [-0.3, -0.25) is 9.69 Å². The number of nitrogens with one attached hydrogen (secondary N) is 1. The molecular weight excluding hydrogens is 393 g/mol. The molecule has 1 amide bonds. The van der Waals surface area contributed by atoms with Crippen LogP contribution in [0.15, 0.2) is 60.8 Å². The molecule has 7 heteroatoms. The Morgan fingerprint density at radius 1 is 0.962 bits per heavy atom. The minimum absolute atomic E-state index is 0.147. The molecule has 2 aromatic carbocycles. The van der Waals surface area contributed by atoms with Crippen molar-refractivity contribution in [2.45, 2.75) is 6.17 Å². The van der Waals surface area contributed by atoms with E-state index in [-0.39, 0.29) is 5.91 Å². The zero-order valence-electron chi connectivity index (χ0n) is 13.3. The van der Waals surface area contributed by atoms with E-state index in [4.69, 9.17) is 34.8 Å². The first-order chi connectivity index (χ1) is 12.5. The average molecular weight is 405 g/mol. The summed E-state index contributed by atoms with van der Waals surface area (Å²) in [4.78, 5) is 18.9. The summed E-state index contributed by atoms with van der Waals surface area (Å²) in [5.41, 5.74) is 2.08. The lowest BCUT2D eigenvalue weighted by Crippen LogP contribution is -2.33. The van der Waals surface area contributed by atoms with Crippen molar-refractivity contribution < 1.29 is 4.79 Å². The molecule has 0 radical (unpaired) electrons. The zero-order valence-corrected chi connectivity index (χ0v) is 15.6. The van der Waals surface area contributed by atoms with Gasteiger partial charge < -0.3 is 5.32 Å². The van der Waals surface area contributed by atoms with E-state index in [1.54, 1.807) is 41.3 Å². The first kappa shape index (κ1) is 17.2. The number of halogens is 3. The van der Waals surface area contributed by atoms with Gasteiger partial charge in [0.1, 0.15) is 12.0 Å². The van der Waals surface area contributed by atoms with Crippen LogP contribution in [0.2, 0.25) is 15.1 Å². The van der Waals surface area contributed by atoms with Crippen molar-refractivity contribution in [3.8, 4) is 0 Å². The van der Waals surface area contributed by atoms with E-state index in [1.807, 2.05) is 18.2 Å². The number of hydrogen-bond acceptors (Lipinski definition) is 3. The van der Waals surface area contributed by atoms with Gasteiger partial charge >= 0.3 is 0 Å². The van der Waals surface area contributed by atoms with Gasteiger partial charge in [0.25, 0.3) is 5.91 Å². The number of carbonyl (C=O) groups is 1. The maximum absolute atomic E-state index is 13.0. The standard InChI is InChI=1S/C19H12Cl3N3O/c20-11-5-7-15(22)16(9-11)24-18-13-3-1-2-4-14(13)19(26)25(18)17-8-6-12(21)10-23-17/h1-10,18,24H/t18-/m1/s1. The van der Waals surface area contributed by atoms with Gasteiger partial charge in [-0.2, -0.15) is 0 Å². The maximum Gasteiger partial charge on any atom is 0.261 e. The minimum Gasteiger partial charge on any atom is -0.360 e. The van der Waals surface area contributed by atoms with Gasteiger partial charge in [0.15, 0.2) is 0 Å². The number of carbonyl (C=O) groups excluding carboxylic acids is 1. The molecule has 26 heavy (non-hydrogen) atoms. The lowest BCUT2D eigenvalue weighted by atomic mass is 10.1. The number of fused-ring (bicyclic) bond motifs is 1. The highest BCUT2D eigenvalue weighted by molar-refractivity contribution is 6.35. The SMILES string of the molecule is O=C1c2ccccc2[C@H](Nc2cc(Cl)ccc2Cl)N1c1ccc(Cl)cn1. The van der Waals surface area contributed by atoms with Gasteiger partial charge in [-0.1, -0.05) is 53.0 Å². The average Bonchev–Trinajstić information content (AvgIpc) is 2.92. The summed E-state index contributed by atoms with van der Waals surface area (Å²) in [6.07, 6.45) is 1.04. The van der Waals surface area contributed by atoms with Crippen LogP contribution < -0.4 is 10.2 Å². The van der Waals surface area contributed by atoms with E-state index in [0.29, 0.717) is 32.1 Å². The fourth-order valence-corrected chi connectivity index (χ4v) is 3.42. The van der Waals surface area contributed by atoms with Gasteiger partial charge in [-0.25, -0.2) is 4.98 Å². The van der Waals surface area contributed by atoms with Crippen molar-refractivity contribution in [1.82, 2.24) is 4.98 Å². The fraction of sp³-hybridized carbons (Fsp3) is 0.0526. The summed E-state index contributed by atoms with van der Waals surface area (Å²) in [7, 11) is 0. The van der Waals surface area contributed by atoms with Crippen molar-refractivity contribution in [1.29, 1.82) is 0 Å². The van der Waals surface area contributed by atoms with Crippen LogP contribution in [0.5, 0.6) is 0 Å². The Labute approximate surface area is 165 Å². The van der Waals surface area contributed by atoms with Crippen LogP contribution in [0.4, 0.5) is 11.5 Å². The largest absolute Gasteiger partial charge is 0.360 e. The van der Waals surface area contributed by atoms with E-state index in [2.05, 4.69) is 10.3 Å². The third kappa shape index (κ3) is 3.01. The molecule has 0 fully saturated rings. The molecule has 0 bridgehead atoms. The fourth-order valence-electron chi connectivity index (χ4n) is 2.96. The third-order valence-corrected chi connectivity index (χ3v) is 4.93. The van der Waals surface area contributed by atoms with Gasteiger partial charge in [-0.15, -0.1) is 0 Å². The Hall–Kier alpha value is -2.27. The summed E-state index contributed by atoms with van der Waals surface area (Å²) >= 11 is 18.3. The van der Waals surface area contributed by atoms with Crippen molar-refractivity contribution >= 4 is 52.2 Å². The smallest absolute Gasteiger partial charge is 0.261 e. The first-order valence-electron chi connectivity index (χ1n) is 7.80. The quantitative estimate of drug-likeness (QED) is 0.599. The molecule has 2 heterocycles. The lowest BCUT2D eigenvalue weighted by molar-refractivity contribution is 0.0992. The summed E-state index contributed by atoms with van der Waals surface area (Å²) in [5, 5.41) is 4.87. The Morgan fingerprint density at radius 2 is 1.73 bits per heavy atom. The van der Waals surface area contributed by atoms with E-state index in [1.165, 1.54) is 6.20 Å². The van der Waals surface area contributed by atoms with Crippen LogP contribution in [0.25, 0.3) is 0 Å². The Morgan fingerprint density at radius 3 is 2.50 bits per heavy atom. The second-order valence-electron chi connectivity index (χ2n) is 5.77.